The van der Waals surface area contributed by atoms with E-state index in [0.717, 1.165) is 10.9 Å². The molecule has 3 N–H and O–H groups in total. The largest absolute Gasteiger partial charge is 0.497 e. The molecule has 0 aliphatic heterocycles. The van der Waals surface area contributed by atoms with E-state index < -0.39 is 10.0 Å². The van der Waals surface area contributed by atoms with Gasteiger partial charge in [-0.05, 0) is 30.3 Å². The lowest BCUT2D eigenvalue weighted by Crippen LogP contribution is -2.16. The molecule has 130 valence electrons. The molecule has 0 saturated heterocycles. The van der Waals surface area contributed by atoms with Gasteiger partial charge in [-0.25, -0.2) is 13.6 Å². The molecular weight excluding hydrogens is 344 g/mol. The number of amides is 1. The summed E-state index contributed by atoms with van der Waals surface area (Å²) in [6, 6.07) is 11.1. The summed E-state index contributed by atoms with van der Waals surface area (Å²) in [6.45, 7) is 0. The SMILES string of the molecule is COc1ccc2c(CC(=O)Nc3cccc(S(N)(=O)=O)c3)coc2c1. The predicted molar refractivity (Wildman–Crippen MR) is 92.9 cm³/mol. The minimum Gasteiger partial charge on any atom is -0.497 e. The van der Waals surface area contributed by atoms with Crippen LogP contribution in [0.5, 0.6) is 5.75 Å². The summed E-state index contributed by atoms with van der Waals surface area (Å²) in [7, 11) is -2.26. The van der Waals surface area contributed by atoms with Crippen molar-refractivity contribution in [3.63, 3.8) is 0 Å². The Labute approximate surface area is 144 Å². The zero-order chi connectivity index (χ0) is 18.0. The minimum absolute atomic E-state index is 0.0637. The van der Waals surface area contributed by atoms with Gasteiger partial charge in [0, 0.05) is 22.7 Å². The van der Waals surface area contributed by atoms with E-state index in [1.165, 1.54) is 24.5 Å². The van der Waals surface area contributed by atoms with Crippen LogP contribution in [0, 0.1) is 0 Å². The molecule has 0 aliphatic rings. The highest BCUT2D eigenvalue weighted by atomic mass is 32.2. The van der Waals surface area contributed by atoms with Crippen molar-refractivity contribution < 1.29 is 22.4 Å². The minimum atomic E-state index is -3.82. The fourth-order valence-corrected chi connectivity index (χ4v) is 3.02. The van der Waals surface area contributed by atoms with E-state index in [2.05, 4.69) is 5.32 Å². The number of nitrogens with two attached hydrogens (primary N) is 1. The summed E-state index contributed by atoms with van der Waals surface area (Å²) in [5.41, 5.74) is 1.70. The molecule has 3 aromatic rings. The van der Waals surface area contributed by atoms with Crippen molar-refractivity contribution in [2.75, 3.05) is 12.4 Å². The Morgan fingerprint density at radius 2 is 2.04 bits per heavy atom. The molecule has 0 atom stereocenters. The van der Waals surface area contributed by atoms with Crippen LogP contribution in [0.15, 0.2) is 58.0 Å². The number of sulfonamides is 1. The lowest BCUT2D eigenvalue weighted by Gasteiger charge is -2.06. The normalized spacial score (nSPS) is 11.4. The topological polar surface area (TPSA) is 112 Å². The molecule has 7 nitrogen and oxygen atoms in total. The first-order valence-corrected chi connectivity index (χ1v) is 8.88. The second kappa shape index (κ2) is 6.58. The number of primary sulfonamides is 1. The number of hydrogen-bond acceptors (Lipinski definition) is 5. The molecule has 2 aromatic carbocycles. The Morgan fingerprint density at radius 3 is 2.76 bits per heavy atom. The number of carbonyl (C=O) groups is 1. The molecule has 25 heavy (non-hydrogen) atoms. The first-order valence-electron chi connectivity index (χ1n) is 7.33. The summed E-state index contributed by atoms with van der Waals surface area (Å²) < 4.78 is 33.3. The molecule has 3 rings (SSSR count). The predicted octanol–water partition coefficient (Wildman–Crippen LogP) is 2.27. The lowest BCUT2D eigenvalue weighted by atomic mass is 10.1. The van der Waals surface area contributed by atoms with E-state index in [0.29, 0.717) is 17.0 Å². The highest BCUT2D eigenvalue weighted by molar-refractivity contribution is 7.89. The van der Waals surface area contributed by atoms with E-state index in [1.54, 1.807) is 25.3 Å². The molecule has 0 saturated carbocycles. The van der Waals surface area contributed by atoms with Gasteiger partial charge in [-0.15, -0.1) is 0 Å². The molecule has 1 heterocycles. The van der Waals surface area contributed by atoms with Crippen molar-refractivity contribution in [1.82, 2.24) is 0 Å². The quantitative estimate of drug-likeness (QED) is 0.725. The van der Waals surface area contributed by atoms with Gasteiger partial charge in [0.2, 0.25) is 15.9 Å². The number of ether oxygens (including phenoxy) is 1. The third kappa shape index (κ3) is 3.81. The molecular formula is C17H16N2O5S. The summed E-state index contributed by atoms with van der Waals surface area (Å²) in [4.78, 5) is 12.2. The fourth-order valence-electron chi connectivity index (χ4n) is 2.46. The second-order valence-electron chi connectivity index (χ2n) is 5.42. The molecule has 0 fully saturated rings. The van der Waals surface area contributed by atoms with Gasteiger partial charge < -0.3 is 14.5 Å². The lowest BCUT2D eigenvalue weighted by molar-refractivity contribution is -0.115. The van der Waals surface area contributed by atoms with Gasteiger partial charge in [0.25, 0.3) is 0 Å². The summed E-state index contributed by atoms with van der Waals surface area (Å²) in [5, 5.41) is 8.56. The van der Waals surface area contributed by atoms with Crippen molar-refractivity contribution in [3.05, 3.63) is 54.3 Å². The number of rotatable bonds is 5. The molecule has 8 heteroatoms. The fraction of sp³-hybridized carbons (Fsp3) is 0.118. The molecule has 0 unspecified atom stereocenters. The van der Waals surface area contributed by atoms with E-state index in [1.807, 2.05) is 6.07 Å². The van der Waals surface area contributed by atoms with Crippen LogP contribution < -0.4 is 15.2 Å². The van der Waals surface area contributed by atoms with Crippen molar-refractivity contribution in [1.29, 1.82) is 0 Å². The summed E-state index contributed by atoms with van der Waals surface area (Å²) >= 11 is 0. The third-order valence-electron chi connectivity index (χ3n) is 3.66. The van der Waals surface area contributed by atoms with Crippen LogP contribution >= 0.6 is 0 Å². The first kappa shape index (κ1) is 17.0. The Morgan fingerprint density at radius 1 is 1.24 bits per heavy atom. The number of nitrogens with one attached hydrogen (secondary N) is 1. The maximum Gasteiger partial charge on any atom is 0.238 e. The maximum absolute atomic E-state index is 12.2. The Balaban J connectivity index is 1.77. The number of carbonyl (C=O) groups excluding carboxylic acids is 1. The van der Waals surface area contributed by atoms with Crippen LogP contribution in [0.3, 0.4) is 0 Å². The Bertz CT molecular complexity index is 1040. The number of methoxy groups -OCH3 is 1. The molecule has 0 bridgehead atoms. The van der Waals surface area contributed by atoms with Gasteiger partial charge in [-0.1, -0.05) is 6.07 Å². The summed E-state index contributed by atoms with van der Waals surface area (Å²) in [5.74, 6) is 0.364. The van der Waals surface area contributed by atoms with Crippen LogP contribution in [0.25, 0.3) is 11.0 Å². The van der Waals surface area contributed by atoms with Crippen LogP contribution in [0.4, 0.5) is 5.69 Å². The maximum atomic E-state index is 12.2. The van der Waals surface area contributed by atoms with Gasteiger partial charge in [-0.2, -0.15) is 0 Å². The number of anilines is 1. The number of fused-ring (bicyclic) bond motifs is 1. The zero-order valence-corrected chi connectivity index (χ0v) is 14.2. The highest BCUT2D eigenvalue weighted by Crippen LogP contribution is 2.26. The smallest absolute Gasteiger partial charge is 0.238 e. The average molecular weight is 360 g/mol. The molecule has 1 amide bonds. The van der Waals surface area contributed by atoms with Gasteiger partial charge in [-0.3, -0.25) is 4.79 Å². The van der Waals surface area contributed by atoms with Crippen molar-refractivity contribution in [2.45, 2.75) is 11.3 Å². The van der Waals surface area contributed by atoms with Gasteiger partial charge in [0.05, 0.1) is 24.7 Å². The zero-order valence-electron chi connectivity index (χ0n) is 13.4. The van der Waals surface area contributed by atoms with Gasteiger partial charge >= 0.3 is 0 Å². The number of hydrogen-bond donors (Lipinski definition) is 2. The van der Waals surface area contributed by atoms with Crippen LogP contribution in [0.1, 0.15) is 5.56 Å². The van der Waals surface area contributed by atoms with E-state index >= 15 is 0 Å². The van der Waals surface area contributed by atoms with Crippen LogP contribution in [-0.2, 0) is 21.2 Å². The van der Waals surface area contributed by atoms with Crippen molar-refractivity contribution >= 4 is 32.6 Å². The molecule has 0 spiro atoms. The van der Waals surface area contributed by atoms with Crippen molar-refractivity contribution in [3.8, 4) is 5.75 Å². The second-order valence-corrected chi connectivity index (χ2v) is 6.98. The van der Waals surface area contributed by atoms with Crippen molar-refractivity contribution in [2.24, 2.45) is 5.14 Å². The molecule has 0 radical (unpaired) electrons. The Kier molecular flexibility index (Phi) is 4.47. The first-order chi connectivity index (χ1) is 11.9. The summed E-state index contributed by atoms with van der Waals surface area (Å²) in [6.07, 6.45) is 1.60. The standard InChI is InChI=1S/C17H16N2O5S/c1-23-13-5-6-15-11(10-24-16(15)9-13)7-17(20)19-12-3-2-4-14(8-12)25(18,21)22/h2-6,8-10H,7H2,1H3,(H,19,20)(H2,18,21,22). The van der Waals surface area contributed by atoms with E-state index in [9.17, 15) is 13.2 Å². The average Bonchev–Trinajstić information content (AvgIpc) is 2.96. The van der Waals surface area contributed by atoms with E-state index in [4.69, 9.17) is 14.3 Å². The van der Waals surface area contributed by atoms with Crippen LogP contribution in [0.2, 0.25) is 0 Å². The van der Waals surface area contributed by atoms with Gasteiger partial charge in [0.15, 0.2) is 0 Å². The van der Waals surface area contributed by atoms with E-state index in [-0.39, 0.29) is 17.2 Å². The molecule has 0 aliphatic carbocycles. The third-order valence-corrected chi connectivity index (χ3v) is 4.57. The number of furan rings is 1. The highest BCUT2D eigenvalue weighted by Gasteiger charge is 2.13. The van der Waals surface area contributed by atoms with Gasteiger partial charge in [0.1, 0.15) is 11.3 Å². The Hall–Kier alpha value is -2.84. The number of benzene rings is 2. The van der Waals surface area contributed by atoms with Crippen LogP contribution in [-0.4, -0.2) is 21.4 Å². The molecule has 1 aromatic heterocycles. The monoisotopic (exact) mass is 360 g/mol.